The lowest BCUT2D eigenvalue weighted by Crippen LogP contribution is -2.42. The average Bonchev–Trinajstić information content (AvgIpc) is 2.40. The van der Waals surface area contributed by atoms with Crippen molar-refractivity contribution in [2.75, 3.05) is 26.0 Å². The van der Waals surface area contributed by atoms with Gasteiger partial charge in [-0.05, 0) is 38.8 Å². The van der Waals surface area contributed by atoms with Crippen LogP contribution in [0, 0.1) is 11.3 Å². The second-order valence-corrected chi connectivity index (χ2v) is 11.1. The summed E-state index contributed by atoms with van der Waals surface area (Å²) >= 11 is 0. The first-order valence-electron chi connectivity index (χ1n) is 8.26. The minimum absolute atomic E-state index is 0.0216. The molecule has 0 aliphatic rings. The van der Waals surface area contributed by atoms with E-state index in [0.29, 0.717) is 32.4 Å². The monoisotopic (exact) mass is 368 g/mol. The number of hydrogen-bond acceptors (Lipinski definition) is 6. The Balaban J connectivity index is 5.09. The maximum atomic E-state index is 12.7. The highest BCUT2D eigenvalue weighted by atomic mass is 31.2. The average molecular weight is 369 g/mol. The van der Waals surface area contributed by atoms with Crippen molar-refractivity contribution in [1.29, 1.82) is 0 Å². The first-order valence-corrected chi connectivity index (χ1v) is 12.4. The molecule has 139 valence electrons. The van der Waals surface area contributed by atoms with E-state index in [4.69, 9.17) is 24.2 Å². The molecule has 23 heavy (non-hydrogen) atoms. The van der Waals surface area contributed by atoms with E-state index < -0.39 is 16.6 Å². The molecule has 1 radical (unpaired) electrons. The molecule has 0 bridgehead atoms. The summed E-state index contributed by atoms with van der Waals surface area (Å²) in [7, 11) is -3.95. The normalized spacial score (nSPS) is 15.9. The van der Waals surface area contributed by atoms with Gasteiger partial charge >= 0.3 is 7.60 Å². The maximum Gasteiger partial charge on any atom is 0.330 e. The molecule has 2 atom stereocenters. The van der Waals surface area contributed by atoms with Gasteiger partial charge < -0.3 is 18.3 Å². The van der Waals surface area contributed by atoms with Crippen molar-refractivity contribution >= 4 is 16.6 Å². The summed E-state index contributed by atoms with van der Waals surface area (Å²) in [5.74, 6) is 5.36. The van der Waals surface area contributed by atoms with Crippen LogP contribution in [0.4, 0.5) is 0 Å². The van der Waals surface area contributed by atoms with Crippen molar-refractivity contribution < 1.29 is 22.9 Å². The van der Waals surface area contributed by atoms with Gasteiger partial charge in [0.2, 0.25) is 9.04 Å². The van der Waals surface area contributed by atoms with Crippen LogP contribution in [0.1, 0.15) is 41.0 Å². The lowest BCUT2D eigenvalue weighted by atomic mass is 9.80. The van der Waals surface area contributed by atoms with Crippen molar-refractivity contribution in [1.82, 2.24) is 0 Å². The molecule has 0 spiro atoms. The second-order valence-electron chi connectivity index (χ2n) is 6.86. The van der Waals surface area contributed by atoms with E-state index in [9.17, 15) is 4.57 Å². The van der Waals surface area contributed by atoms with E-state index in [1.165, 1.54) is 0 Å². The van der Waals surface area contributed by atoms with Crippen LogP contribution in [0.3, 0.4) is 0 Å². The van der Waals surface area contributed by atoms with E-state index in [1.54, 1.807) is 0 Å². The molecule has 8 heteroatoms. The van der Waals surface area contributed by atoms with Crippen molar-refractivity contribution in [2.24, 2.45) is 17.2 Å². The Bertz CT molecular complexity index is 352. The maximum absolute atomic E-state index is 12.7. The number of nitrogens with two attached hydrogens (primary N) is 1. The minimum atomic E-state index is -3.07. The van der Waals surface area contributed by atoms with Crippen LogP contribution in [-0.2, 0) is 22.9 Å². The highest BCUT2D eigenvalue weighted by molar-refractivity contribution is 7.53. The SMILES string of the molecule is CCOP(=O)(CCC(CON)C(O[Si](C)C)C(C)(C)C)OCC. The summed E-state index contributed by atoms with van der Waals surface area (Å²) in [6, 6.07) is 0. The first kappa shape index (κ1) is 23.2. The van der Waals surface area contributed by atoms with Gasteiger partial charge in [-0.25, -0.2) is 5.90 Å². The van der Waals surface area contributed by atoms with Gasteiger partial charge in [0.1, 0.15) is 0 Å². The Labute approximate surface area is 143 Å². The molecular weight excluding hydrogens is 333 g/mol. The molecule has 0 heterocycles. The summed E-state index contributed by atoms with van der Waals surface area (Å²) in [4.78, 5) is 4.91. The van der Waals surface area contributed by atoms with E-state index in [2.05, 4.69) is 33.9 Å². The molecule has 0 aromatic rings. The summed E-state index contributed by atoms with van der Waals surface area (Å²) in [5.41, 5.74) is -0.0631. The lowest BCUT2D eigenvalue weighted by molar-refractivity contribution is -0.0154. The fourth-order valence-corrected chi connectivity index (χ4v) is 5.38. The Morgan fingerprint density at radius 1 is 1.13 bits per heavy atom. The van der Waals surface area contributed by atoms with Crippen molar-refractivity contribution in [3.8, 4) is 0 Å². The predicted octanol–water partition coefficient (Wildman–Crippen LogP) is 3.83. The Hall–Kier alpha value is 0.247. The summed E-state index contributed by atoms with van der Waals surface area (Å²) in [6.07, 6.45) is 0.936. The van der Waals surface area contributed by atoms with Gasteiger partial charge in [0.05, 0.1) is 32.1 Å². The zero-order valence-electron chi connectivity index (χ0n) is 15.8. The first-order chi connectivity index (χ1) is 10.6. The number of rotatable bonds is 12. The van der Waals surface area contributed by atoms with Gasteiger partial charge in [0.25, 0.3) is 0 Å². The summed E-state index contributed by atoms with van der Waals surface area (Å²) in [5, 5.41) is 0. The zero-order valence-corrected chi connectivity index (χ0v) is 17.7. The topological polar surface area (TPSA) is 80.0 Å². The van der Waals surface area contributed by atoms with Gasteiger partial charge in [-0.1, -0.05) is 20.8 Å². The molecule has 0 aromatic carbocycles. The summed E-state index contributed by atoms with van der Waals surface area (Å²) in [6.45, 7) is 15.3. The van der Waals surface area contributed by atoms with Gasteiger partial charge in [0, 0.05) is 5.92 Å². The Kier molecular flexibility index (Phi) is 11.1. The molecule has 6 nitrogen and oxygen atoms in total. The highest BCUT2D eigenvalue weighted by Crippen LogP contribution is 2.49. The van der Waals surface area contributed by atoms with Gasteiger partial charge in [-0.2, -0.15) is 0 Å². The molecule has 0 aromatic heterocycles. The third kappa shape index (κ3) is 9.34. The third-order valence-corrected chi connectivity index (χ3v) is 6.21. The van der Waals surface area contributed by atoms with E-state index in [-0.39, 0.29) is 17.4 Å². The van der Waals surface area contributed by atoms with Crippen molar-refractivity contribution in [3.05, 3.63) is 0 Å². The van der Waals surface area contributed by atoms with Crippen LogP contribution >= 0.6 is 7.60 Å². The molecule has 0 aliphatic carbocycles. The fraction of sp³-hybridized carbons (Fsp3) is 1.00. The molecular formula is C15H35NO5PSi. The Morgan fingerprint density at radius 3 is 2.00 bits per heavy atom. The van der Waals surface area contributed by atoms with Gasteiger partial charge in [0.15, 0.2) is 0 Å². The predicted molar refractivity (Wildman–Crippen MR) is 95.8 cm³/mol. The largest absolute Gasteiger partial charge is 0.413 e. The molecule has 0 aliphatic heterocycles. The lowest BCUT2D eigenvalue weighted by Gasteiger charge is -2.38. The number of hydrogen-bond donors (Lipinski definition) is 1. The molecule has 0 rings (SSSR count). The van der Waals surface area contributed by atoms with E-state index >= 15 is 0 Å². The van der Waals surface area contributed by atoms with Crippen LogP contribution in [-0.4, -0.2) is 41.1 Å². The van der Waals surface area contributed by atoms with Crippen LogP contribution in [0.15, 0.2) is 0 Å². The zero-order chi connectivity index (χ0) is 18.1. The molecule has 0 saturated heterocycles. The molecule has 0 amide bonds. The Morgan fingerprint density at radius 2 is 1.65 bits per heavy atom. The highest BCUT2D eigenvalue weighted by Gasteiger charge is 2.36. The van der Waals surface area contributed by atoms with E-state index in [1.807, 2.05) is 13.8 Å². The van der Waals surface area contributed by atoms with Crippen molar-refractivity contribution in [3.63, 3.8) is 0 Å². The molecule has 0 fully saturated rings. The minimum Gasteiger partial charge on any atom is -0.413 e. The fourth-order valence-electron chi connectivity index (χ4n) is 2.56. The van der Waals surface area contributed by atoms with Gasteiger partial charge in [-0.15, -0.1) is 0 Å². The van der Waals surface area contributed by atoms with E-state index in [0.717, 1.165) is 0 Å². The standard InChI is InChI=1S/C15H35NO5PSi/c1-8-19-22(17,20-9-2)11-10-13(12-18-16)14(15(3,4)5)21-23(6)7/h13-14H,8-12,16H2,1-7H3. The van der Waals surface area contributed by atoms with Crippen LogP contribution in [0.5, 0.6) is 0 Å². The molecule has 0 saturated carbocycles. The van der Waals surface area contributed by atoms with Crippen LogP contribution in [0.25, 0.3) is 0 Å². The van der Waals surface area contributed by atoms with Gasteiger partial charge in [-0.3, -0.25) is 4.57 Å². The third-order valence-electron chi connectivity index (χ3n) is 3.38. The summed E-state index contributed by atoms with van der Waals surface area (Å²) < 4.78 is 29.6. The molecule has 2 unspecified atom stereocenters. The second kappa shape index (κ2) is 11.0. The van der Waals surface area contributed by atoms with Crippen LogP contribution in [0.2, 0.25) is 13.1 Å². The smallest absolute Gasteiger partial charge is 0.330 e. The quantitative estimate of drug-likeness (QED) is 0.320. The van der Waals surface area contributed by atoms with Crippen molar-refractivity contribution in [2.45, 2.75) is 60.2 Å². The molecule has 2 N–H and O–H groups in total. The van der Waals surface area contributed by atoms with Crippen LogP contribution < -0.4 is 5.90 Å².